The molecule has 1 rings (SSSR count). The molecule has 0 saturated heterocycles. The van der Waals surface area contributed by atoms with Crippen molar-refractivity contribution in [2.24, 2.45) is 11.7 Å². The smallest absolute Gasteiger partial charge is 0.354 e. The zero-order valence-electron chi connectivity index (χ0n) is 10.2. The fraction of sp³-hybridized carbons (Fsp3) is 0.417. The third-order valence-corrected chi connectivity index (χ3v) is 2.53. The molecule has 0 aromatic carbocycles. The first-order chi connectivity index (χ1) is 8.52. The molecule has 0 aliphatic carbocycles. The van der Waals surface area contributed by atoms with Gasteiger partial charge in [-0.1, -0.05) is 6.92 Å². The number of rotatable bonds is 6. The Morgan fingerprint density at radius 3 is 2.72 bits per heavy atom. The monoisotopic (exact) mass is 251 g/mol. The van der Waals surface area contributed by atoms with E-state index in [1.165, 1.54) is 18.3 Å². The zero-order valence-corrected chi connectivity index (χ0v) is 10.2. The molecule has 1 atom stereocenters. The Morgan fingerprint density at radius 1 is 1.50 bits per heavy atom. The summed E-state index contributed by atoms with van der Waals surface area (Å²) < 4.78 is 0. The highest BCUT2D eigenvalue weighted by Crippen LogP contribution is 2.09. The Hall–Kier alpha value is -1.95. The van der Waals surface area contributed by atoms with Crippen LogP contribution < -0.4 is 11.1 Å². The summed E-state index contributed by atoms with van der Waals surface area (Å²) in [5.74, 6) is -0.909. The van der Waals surface area contributed by atoms with Crippen LogP contribution in [0.15, 0.2) is 18.3 Å². The van der Waals surface area contributed by atoms with E-state index >= 15 is 0 Å². The lowest BCUT2D eigenvalue weighted by Gasteiger charge is -2.08. The molecule has 0 saturated carbocycles. The van der Waals surface area contributed by atoms with Gasteiger partial charge in [-0.25, -0.2) is 9.78 Å². The number of carbonyl (C=O) groups is 2. The van der Waals surface area contributed by atoms with Gasteiger partial charge in [-0.05, 0) is 31.0 Å². The van der Waals surface area contributed by atoms with Crippen molar-refractivity contribution < 1.29 is 14.7 Å². The summed E-state index contributed by atoms with van der Waals surface area (Å²) in [6.07, 6.45) is 2.44. The van der Waals surface area contributed by atoms with Gasteiger partial charge < -0.3 is 16.2 Å². The summed E-state index contributed by atoms with van der Waals surface area (Å²) in [5.41, 5.74) is 5.90. The molecular weight excluding hydrogens is 234 g/mol. The number of carboxylic acids is 1. The second kappa shape index (κ2) is 6.70. The molecule has 18 heavy (non-hydrogen) atoms. The number of carbonyl (C=O) groups excluding carboxylic acids is 1. The Balaban J connectivity index is 2.47. The zero-order chi connectivity index (χ0) is 13.5. The minimum atomic E-state index is -1.09. The number of nitrogens with two attached hydrogens (primary N) is 1. The van der Waals surface area contributed by atoms with E-state index < -0.39 is 5.97 Å². The van der Waals surface area contributed by atoms with Crippen molar-refractivity contribution in [3.63, 3.8) is 0 Å². The van der Waals surface area contributed by atoms with Gasteiger partial charge in [0.2, 0.25) is 5.91 Å². The van der Waals surface area contributed by atoms with Crippen molar-refractivity contribution in [3.05, 3.63) is 24.0 Å². The number of aromatic nitrogens is 1. The molecule has 6 nitrogen and oxygen atoms in total. The van der Waals surface area contributed by atoms with Crippen LogP contribution in [0, 0.1) is 5.92 Å². The number of nitrogens with one attached hydrogen (secondary N) is 1. The summed E-state index contributed by atoms with van der Waals surface area (Å²) in [5, 5.41) is 11.3. The van der Waals surface area contributed by atoms with Crippen molar-refractivity contribution in [1.29, 1.82) is 0 Å². The second-order valence-corrected chi connectivity index (χ2v) is 4.16. The summed E-state index contributed by atoms with van der Waals surface area (Å²) in [6, 6.07) is 2.86. The summed E-state index contributed by atoms with van der Waals surface area (Å²) in [4.78, 5) is 25.8. The van der Waals surface area contributed by atoms with E-state index in [1.54, 1.807) is 0 Å². The lowest BCUT2D eigenvalue weighted by molar-refractivity contribution is -0.116. The Kier molecular flexibility index (Phi) is 5.26. The van der Waals surface area contributed by atoms with Gasteiger partial charge in [0, 0.05) is 6.42 Å². The second-order valence-electron chi connectivity index (χ2n) is 4.16. The molecule has 0 radical (unpaired) electrons. The third kappa shape index (κ3) is 4.50. The predicted octanol–water partition coefficient (Wildman–Crippen LogP) is 1.09. The summed E-state index contributed by atoms with van der Waals surface area (Å²) >= 11 is 0. The van der Waals surface area contributed by atoms with Gasteiger partial charge >= 0.3 is 5.97 Å². The van der Waals surface area contributed by atoms with Crippen molar-refractivity contribution in [2.45, 2.75) is 19.8 Å². The van der Waals surface area contributed by atoms with E-state index in [0.717, 1.165) is 6.42 Å². The standard InChI is InChI=1S/C12H17N3O3/c1-8(6-13)2-5-11(16)15-9-3-4-10(12(17)18)14-7-9/h3-4,7-8H,2,5-6,13H2,1H3,(H,15,16)(H,17,18). The molecule has 0 aliphatic rings. The molecule has 1 amide bonds. The number of carboxylic acid groups (broad SMARTS) is 1. The predicted molar refractivity (Wildman–Crippen MR) is 67.3 cm³/mol. The number of hydrogen-bond acceptors (Lipinski definition) is 4. The molecular formula is C12H17N3O3. The molecule has 98 valence electrons. The first-order valence-electron chi connectivity index (χ1n) is 5.72. The lowest BCUT2D eigenvalue weighted by Crippen LogP contribution is -2.16. The molecule has 6 heteroatoms. The molecule has 4 N–H and O–H groups in total. The van der Waals surface area contributed by atoms with Crippen LogP contribution in [0.2, 0.25) is 0 Å². The van der Waals surface area contributed by atoms with Crippen LogP contribution in [0.25, 0.3) is 0 Å². The van der Waals surface area contributed by atoms with Crippen molar-refractivity contribution in [1.82, 2.24) is 4.98 Å². The van der Waals surface area contributed by atoms with Gasteiger partial charge in [0.25, 0.3) is 0 Å². The normalized spacial score (nSPS) is 11.9. The Bertz CT molecular complexity index is 417. The molecule has 0 spiro atoms. The number of pyridine rings is 1. The number of nitrogens with zero attached hydrogens (tertiary/aromatic N) is 1. The van der Waals surface area contributed by atoms with E-state index in [9.17, 15) is 9.59 Å². The summed E-state index contributed by atoms with van der Waals surface area (Å²) in [7, 11) is 0. The average molecular weight is 251 g/mol. The van der Waals surface area contributed by atoms with Crippen LogP contribution in [-0.2, 0) is 4.79 Å². The topological polar surface area (TPSA) is 105 Å². The Labute approximate surface area is 105 Å². The first kappa shape index (κ1) is 14.1. The fourth-order valence-corrected chi connectivity index (χ4v) is 1.31. The third-order valence-electron chi connectivity index (χ3n) is 2.53. The molecule has 0 bridgehead atoms. The minimum Gasteiger partial charge on any atom is -0.477 e. The van der Waals surface area contributed by atoms with Gasteiger partial charge in [-0.3, -0.25) is 4.79 Å². The molecule has 1 aromatic heterocycles. The SMILES string of the molecule is CC(CN)CCC(=O)Nc1ccc(C(=O)O)nc1. The summed E-state index contributed by atoms with van der Waals surface area (Å²) in [6.45, 7) is 2.54. The molecule has 1 unspecified atom stereocenters. The van der Waals surface area contributed by atoms with E-state index in [2.05, 4.69) is 10.3 Å². The molecule has 0 aliphatic heterocycles. The number of anilines is 1. The number of aromatic carboxylic acids is 1. The molecule has 0 fully saturated rings. The van der Waals surface area contributed by atoms with E-state index in [4.69, 9.17) is 10.8 Å². The van der Waals surface area contributed by atoms with Crippen molar-refractivity contribution >= 4 is 17.6 Å². The Morgan fingerprint density at radius 2 is 2.22 bits per heavy atom. The van der Waals surface area contributed by atoms with Gasteiger partial charge in [0.1, 0.15) is 5.69 Å². The van der Waals surface area contributed by atoms with E-state index in [0.29, 0.717) is 24.6 Å². The lowest BCUT2D eigenvalue weighted by atomic mass is 10.1. The molecule has 1 heterocycles. The van der Waals surface area contributed by atoms with Gasteiger partial charge in [-0.15, -0.1) is 0 Å². The van der Waals surface area contributed by atoms with Crippen molar-refractivity contribution in [2.75, 3.05) is 11.9 Å². The van der Waals surface area contributed by atoms with E-state index in [1.807, 2.05) is 6.92 Å². The maximum atomic E-state index is 11.6. The highest BCUT2D eigenvalue weighted by Gasteiger charge is 2.07. The van der Waals surface area contributed by atoms with Gasteiger partial charge in [-0.2, -0.15) is 0 Å². The van der Waals surface area contributed by atoms with Crippen LogP contribution in [0.1, 0.15) is 30.3 Å². The highest BCUT2D eigenvalue weighted by atomic mass is 16.4. The van der Waals surface area contributed by atoms with E-state index in [-0.39, 0.29) is 11.6 Å². The van der Waals surface area contributed by atoms with Crippen LogP contribution in [0.4, 0.5) is 5.69 Å². The fourth-order valence-electron chi connectivity index (χ4n) is 1.31. The minimum absolute atomic E-state index is 0.0512. The van der Waals surface area contributed by atoms with Crippen molar-refractivity contribution in [3.8, 4) is 0 Å². The number of amides is 1. The maximum Gasteiger partial charge on any atom is 0.354 e. The largest absolute Gasteiger partial charge is 0.477 e. The van der Waals surface area contributed by atoms with Crippen LogP contribution in [0.5, 0.6) is 0 Å². The molecule has 1 aromatic rings. The van der Waals surface area contributed by atoms with Crippen LogP contribution in [-0.4, -0.2) is 28.5 Å². The number of hydrogen-bond donors (Lipinski definition) is 3. The van der Waals surface area contributed by atoms with Gasteiger partial charge in [0.15, 0.2) is 0 Å². The quantitative estimate of drug-likeness (QED) is 0.702. The highest BCUT2D eigenvalue weighted by molar-refractivity contribution is 5.91. The first-order valence-corrected chi connectivity index (χ1v) is 5.72. The maximum absolute atomic E-state index is 11.6. The van der Waals surface area contributed by atoms with Gasteiger partial charge in [0.05, 0.1) is 11.9 Å². The van der Waals surface area contributed by atoms with Crippen LogP contribution in [0.3, 0.4) is 0 Å². The average Bonchev–Trinajstić information content (AvgIpc) is 2.36. The van der Waals surface area contributed by atoms with Crippen LogP contribution >= 0.6 is 0 Å².